The van der Waals surface area contributed by atoms with E-state index in [-0.39, 0.29) is 18.6 Å². The van der Waals surface area contributed by atoms with Gasteiger partial charge in [0, 0.05) is 4.88 Å². The highest BCUT2D eigenvalue weighted by atomic mass is 32.1. The third-order valence-corrected chi connectivity index (χ3v) is 7.69. The second kappa shape index (κ2) is 8.07. The molecule has 0 radical (unpaired) electrons. The smallest absolute Gasteiger partial charge is 0.341 e. The van der Waals surface area contributed by atoms with Crippen LogP contribution < -0.4 is 5.32 Å². The quantitative estimate of drug-likeness (QED) is 0.684. The van der Waals surface area contributed by atoms with Crippen LogP contribution in [0.25, 0.3) is 0 Å². The highest BCUT2D eigenvalue weighted by Gasteiger charge is 2.55. The van der Waals surface area contributed by atoms with Gasteiger partial charge in [0.1, 0.15) is 5.00 Å². The molecule has 3 aliphatic rings. The second-order valence-electron chi connectivity index (χ2n) is 8.11. The number of amides is 1. The Bertz CT molecular complexity index is 833. The van der Waals surface area contributed by atoms with Gasteiger partial charge in [-0.3, -0.25) is 9.59 Å². The summed E-state index contributed by atoms with van der Waals surface area (Å²) in [4.78, 5) is 38.6. The summed E-state index contributed by atoms with van der Waals surface area (Å²) in [5, 5.41) is 13.0. The molecule has 5 atom stereocenters. The predicted molar refractivity (Wildman–Crippen MR) is 107 cm³/mol. The summed E-state index contributed by atoms with van der Waals surface area (Å²) in [6.45, 7) is 4.18. The fourth-order valence-corrected chi connectivity index (χ4v) is 6.38. The average molecular weight is 422 g/mol. The number of anilines is 1. The Morgan fingerprint density at radius 1 is 1.17 bits per heavy atom. The molecule has 4 rings (SSSR count). The van der Waals surface area contributed by atoms with E-state index in [4.69, 9.17) is 9.47 Å². The first kappa shape index (κ1) is 20.3. The first-order valence-electron chi connectivity index (χ1n) is 10.4. The first-order chi connectivity index (χ1) is 13.9. The van der Waals surface area contributed by atoms with E-state index < -0.39 is 29.9 Å². The summed E-state index contributed by atoms with van der Waals surface area (Å²) in [5.41, 5.74) is 1.43. The number of ether oxygens (including phenoxy) is 2. The third kappa shape index (κ3) is 3.57. The molecule has 29 heavy (non-hydrogen) atoms. The molecule has 1 aliphatic carbocycles. The molecule has 0 saturated carbocycles. The molecular weight excluding hydrogens is 394 g/mol. The average Bonchev–Trinajstić information content (AvgIpc) is 3.39. The topological polar surface area (TPSA) is 102 Å². The van der Waals surface area contributed by atoms with E-state index >= 15 is 0 Å². The molecule has 8 heteroatoms. The molecule has 3 heterocycles. The van der Waals surface area contributed by atoms with Crippen LogP contribution in [0.15, 0.2) is 0 Å². The van der Waals surface area contributed by atoms with Crippen LogP contribution in [-0.2, 0) is 31.9 Å². The van der Waals surface area contributed by atoms with Gasteiger partial charge in [-0.2, -0.15) is 0 Å². The van der Waals surface area contributed by atoms with Gasteiger partial charge in [0.2, 0.25) is 5.91 Å². The van der Waals surface area contributed by atoms with Crippen LogP contribution >= 0.6 is 11.3 Å². The van der Waals surface area contributed by atoms with E-state index in [1.54, 1.807) is 6.92 Å². The lowest BCUT2D eigenvalue weighted by molar-refractivity contribution is -0.147. The summed E-state index contributed by atoms with van der Waals surface area (Å²) in [6.07, 6.45) is 4.38. The number of carbonyl (C=O) groups excluding carboxylic acids is 2. The van der Waals surface area contributed by atoms with Crippen molar-refractivity contribution in [3.05, 3.63) is 16.0 Å². The SMILES string of the molecule is CCOC(=O)c1c(NC(=O)[C@@H]2[C@@H](C(=O)O)[C@H]3CC[C@H]2O3)sc2c1CC[C@H](CC)C2. The van der Waals surface area contributed by atoms with Gasteiger partial charge in [0.05, 0.1) is 36.2 Å². The van der Waals surface area contributed by atoms with Crippen LogP contribution in [0, 0.1) is 17.8 Å². The minimum Gasteiger partial charge on any atom is -0.481 e. The highest BCUT2D eigenvalue weighted by molar-refractivity contribution is 7.17. The molecule has 0 spiro atoms. The molecule has 1 aromatic heterocycles. The zero-order chi connectivity index (χ0) is 20.7. The number of carboxylic acids is 1. The van der Waals surface area contributed by atoms with Crippen LogP contribution in [0.3, 0.4) is 0 Å². The van der Waals surface area contributed by atoms with Crippen LogP contribution in [-0.4, -0.2) is 41.8 Å². The molecule has 1 aromatic rings. The van der Waals surface area contributed by atoms with Crippen molar-refractivity contribution in [2.24, 2.45) is 17.8 Å². The minimum absolute atomic E-state index is 0.260. The number of hydrogen-bond acceptors (Lipinski definition) is 6. The third-order valence-electron chi connectivity index (χ3n) is 6.52. The first-order valence-corrected chi connectivity index (χ1v) is 11.3. The van der Waals surface area contributed by atoms with E-state index in [1.165, 1.54) is 11.3 Å². The lowest BCUT2D eigenvalue weighted by Gasteiger charge is -2.23. The Morgan fingerprint density at radius 3 is 2.55 bits per heavy atom. The van der Waals surface area contributed by atoms with E-state index in [2.05, 4.69) is 12.2 Å². The van der Waals surface area contributed by atoms with E-state index in [0.717, 1.165) is 36.1 Å². The predicted octanol–water partition coefficient (Wildman–Crippen LogP) is 3.26. The Kier molecular flexibility index (Phi) is 5.66. The number of thiophene rings is 1. The minimum atomic E-state index is -1.00. The standard InChI is InChI=1S/C21H27NO6S/c1-3-10-5-6-11-14(9-10)29-19(15(11)21(26)27-4-2)22-18(23)16-12-7-8-13(28-12)17(16)20(24)25/h10,12-13,16-17H,3-9H2,1-2H3,(H,22,23)(H,24,25)/t10-,12+,13+,16-,17-/m0/s1. The molecule has 0 aromatic carbocycles. The van der Waals surface area contributed by atoms with Gasteiger partial charge in [-0.1, -0.05) is 13.3 Å². The van der Waals surface area contributed by atoms with Crippen molar-refractivity contribution >= 4 is 34.2 Å². The van der Waals surface area contributed by atoms with Crippen molar-refractivity contribution in [2.45, 2.75) is 64.6 Å². The molecule has 2 aliphatic heterocycles. The lowest BCUT2D eigenvalue weighted by atomic mass is 9.78. The Labute approximate surface area is 173 Å². The van der Waals surface area contributed by atoms with Crippen molar-refractivity contribution in [1.82, 2.24) is 0 Å². The van der Waals surface area contributed by atoms with E-state index in [9.17, 15) is 19.5 Å². The van der Waals surface area contributed by atoms with Gasteiger partial charge in [-0.25, -0.2) is 4.79 Å². The maximum atomic E-state index is 13.1. The summed E-state index contributed by atoms with van der Waals surface area (Å²) in [7, 11) is 0. The second-order valence-corrected chi connectivity index (χ2v) is 9.22. The van der Waals surface area contributed by atoms with Crippen LogP contribution in [0.1, 0.15) is 60.3 Å². The lowest BCUT2D eigenvalue weighted by Crippen LogP contribution is -2.41. The number of esters is 1. The van der Waals surface area contributed by atoms with Gasteiger partial charge < -0.3 is 19.9 Å². The van der Waals surface area contributed by atoms with Crippen LogP contribution in [0.5, 0.6) is 0 Å². The van der Waals surface area contributed by atoms with Crippen LogP contribution in [0.4, 0.5) is 5.00 Å². The van der Waals surface area contributed by atoms with Gasteiger partial charge in [0.15, 0.2) is 0 Å². The Hall–Kier alpha value is -1.93. The maximum absolute atomic E-state index is 13.1. The number of hydrogen-bond donors (Lipinski definition) is 2. The van der Waals surface area contributed by atoms with Crippen molar-refractivity contribution in [2.75, 3.05) is 11.9 Å². The van der Waals surface area contributed by atoms with Crippen molar-refractivity contribution in [3.63, 3.8) is 0 Å². The summed E-state index contributed by atoms with van der Waals surface area (Å²) >= 11 is 1.43. The maximum Gasteiger partial charge on any atom is 0.341 e. The summed E-state index contributed by atoms with van der Waals surface area (Å²) in [6, 6.07) is 0. The summed E-state index contributed by atoms with van der Waals surface area (Å²) in [5.74, 6) is -2.79. The number of nitrogens with one attached hydrogen (secondary N) is 1. The number of aliphatic carboxylic acids is 1. The Balaban J connectivity index is 1.62. The highest BCUT2D eigenvalue weighted by Crippen LogP contribution is 2.45. The molecule has 2 fully saturated rings. The van der Waals surface area contributed by atoms with Gasteiger partial charge in [0.25, 0.3) is 0 Å². The van der Waals surface area contributed by atoms with Gasteiger partial charge >= 0.3 is 11.9 Å². The zero-order valence-electron chi connectivity index (χ0n) is 16.7. The molecule has 2 saturated heterocycles. The zero-order valence-corrected chi connectivity index (χ0v) is 17.5. The van der Waals surface area contributed by atoms with E-state index in [1.807, 2.05) is 0 Å². The summed E-state index contributed by atoms with van der Waals surface area (Å²) < 4.78 is 11.0. The number of carbonyl (C=O) groups is 3. The monoisotopic (exact) mass is 421 g/mol. The molecule has 1 amide bonds. The van der Waals surface area contributed by atoms with Crippen molar-refractivity contribution < 1.29 is 29.0 Å². The van der Waals surface area contributed by atoms with Gasteiger partial charge in [-0.15, -0.1) is 11.3 Å². The van der Waals surface area contributed by atoms with Crippen molar-refractivity contribution in [3.8, 4) is 0 Å². The molecule has 7 nitrogen and oxygen atoms in total. The number of rotatable bonds is 6. The fourth-order valence-electron chi connectivity index (χ4n) is 5.03. The molecular formula is C21H27NO6S. The van der Waals surface area contributed by atoms with E-state index in [0.29, 0.717) is 29.3 Å². The van der Waals surface area contributed by atoms with Crippen molar-refractivity contribution in [1.29, 1.82) is 0 Å². The molecule has 2 N–H and O–H groups in total. The normalized spacial score (nSPS) is 30.1. The molecule has 2 bridgehead atoms. The van der Waals surface area contributed by atoms with Gasteiger partial charge in [-0.05, 0) is 50.5 Å². The fraction of sp³-hybridized carbons (Fsp3) is 0.667. The molecule has 0 unspecified atom stereocenters. The number of fused-ring (bicyclic) bond motifs is 3. The Morgan fingerprint density at radius 2 is 1.90 bits per heavy atom. The van der Waals surface area contributed by atoms with Crippen LogP contribution in [0.2, 0.25) is 0 Å². The largest absolute Gasteiger partial charge is 0.481 e. The number of carboxylic acid groups (broad SMARTS) is 1. The molecule has 158 valence electrons.